The first-order chi connectivity index (χ1) is 68.4. The Hall–Kier alpha value is -17.9. The molecule has 0 heterocycles. The number of hydrogen-bond donors (Lipinski definition) is 0. The fourth-order valence-electron chi connectivity index (χ4n) is 16.9. The van der Waals surface area contributed by atoms with E-state index in [2.05, 4.69) is 589 Å². The molecule has 0 atom stereocenters. The van der Waals surface area contributed by atoms with Crippen molar-refractivity contribution in [3.05, 3.63) is 582 Å². The molecular weight excluding hydrogens is 1750 g/mol. The summed E-state index contributed by atoms with van der Waals surface area (Å²) in [4.78, 5) is 13.7. The molecule has 0 saturated heterocycles. The van der Waals surface area contributed by atoms with Gasteiger partial charge in [-0.1, -0.05) is 372 Å². The van der Waals surface area contributed by atoms with Crippen LogP contribution in [0.3, 0.4) is 0 Å². The first-order valence-corrected chi connectivity index (χ1v) is 47.2. The van der Waals surface area contributed by atoms with Gasteiger partial charge in [0.25, 0.3) is 0 Å². The Balaban J connectivity index is 0.558. The summed E-state index contributed by atoms with van der Waals surface area (Å²) in [7, 11) is 0. The van der Waals surface area contributed by atoms with E-state index in [4.69, 9.17) is 0 Å². The number of hydrogen-bond acceptors (Lipinski definition) is 6. The average molecular weight is 1850 g/mol. The summed E-state index contributed by atoms with van der Waals surface area (Å²) in [6.45, 7) is 27.9. The fourth-order valence-corrected chi connectivity index (χ4v) is 17.2. The van der Waals surface area contributed by atoms with E-state index >= 15 is 0 Å². The standard InChI is InChI=1S/C132H103BrN6/c1-8-97-25-61-115(62-26-97)134(116-63-27-98(9-2)28-64-116)122-75-39-104(40-76-122)15-17-106-43-79-124(80-44-106)136(119-69-33-101(12-5)34-70-119)125-81-45-107(46-82-125)18-19-108-47-83-126(84-48-108)137(120-71-35-102(13-6)36-72-120)127-85-49-109(50-86-127)20-22-111-53-89-129(90-54-111)138(130-91-55-112(56-92-130)23-24-113-57-93-131(94-58-113)139(132-95-59-114(133)60-96-132)121-73-37-103(14-7)38-74-121)128-87-51-110(52-88-128)21-16-105-41-77-123(78-42-105)135(117-65-29-99(10-3)30-66-117)118-67-31-100(11-4)32-68-118/h8-96H,1-7H2/b17-15+,19-18+,21-16+,22-20+,24-23+. The summed E-state index contributed by atoms with van der Waals surface area (Å²) in [5.74, 6) is 0. The van der Waals surface area contributed by atoms with Crippen LogP contribution in [0.4, 0.5) is 102 Å². The molecule has 0 aromatic heterocycles. The molecule has 0 fully saturated rings. The third-order valence-electron chi connectivity index (χ3n) is 24.6. The zero-order chi connectivity index (χ0) is 95.2. The molecule has 18 rings (SSSR count). The van der Waals surface area contributed by atoms with E-state index < -0.39 is 0 Å². The molecule has 6 nitrogen and oxygen atoms in total. The molecule has 0 N–H and O–H groups in total. The zero-order valence-electron chi connectivity index (χ0n) is 77.4. The number of benzene rings is 18. The molecule has 0 aliphatic rings. The minimum atomic E-state index is 1.03. The van der Waals surface area contributed by atoms with Gasteiger partial charge in [0.1, 0.15) is 0 Å². The molecule has 0 unspecified atom stereocenters. The predicted molar refractivity (Wildman–Crippen MR) is 610 cm³/mol. The van der Waals surface area contributed by atoms with Crippen molar-refractivity contribution >= 4 is 222 Å². The monoisotopic (exact) mass is 1850 g/mol. The lowest BCUT2D eigenvalue weighted by molar-refractivity contribution is 1.28. The molecule has 0 bridgehead atoms. The highest BCUT2D eigenvalue weighted by Gasteiger charge is 2.21. The summed E-state index contributed by atoms with van der Waals surface area (Å²) in [6.07, 6.45) is 34.9. The topological polar surface area (TPSA) is 19.4 Å². The van der Waals surface area contributed by atoms with Crippen LogP contribution in [0.15, 0.2) is 487 Å². The van der Waals surface area contributed by atoms with Gasteiger partial charge in [-0.05, 0) is 325 Å². The van der Waals surface area contributed by atoms with Crippen molar-refractivity contribution in [1.82, 2.24) is 0 Å². The highest BCUT2D eigenvalue weighted by Crippen LogP contribution is 2.44. The van der Waals surface area contributed by atoms with E-state index in [9.17, 15) is 0 Å². The van der Waals surface area contributed by atoms with Crippen LogP contribution in [0.5, 0.6) is 0 Å². The van der Waals surface area contributed by atoms with E-state index in [1.54, 1.807) is 0 Å². The second kappa shape index (κ2) is 43.9. The third-order valence-corrected chi connectivity index (χ3v) is 25.2. The Bertz CT molecular complexity index is 7350. The first-order valence-electron chi connectivity index (χ1n) is 46.4. The maximum absolute atomic E-state index is 4.06. The van der Waals surface area contributed by atoms with Gasteiger partial charge in [0, 0.05) is 107 Å². The number of nitrogens with zero attached hydrogens (tertiary/aromatic N) is 6. The zero-order valence-corrected chi connectivity index (χ0v) is 79.0. The largest absolute Gasteiger partial charge is 0.311 e. The second-order valence-corrected chi connectivity index (χ2v) is 34.6. The van der Waals surface area contributed by atoms with E-state index in [0.29, 0.717) is 0 Å². The SMILES string of the molecule is C=Cc1ccc(N(c2ccc(Br)cc2)c2ccc(/C=C/c3ccc(N(c4ccc(/C=C/c5ccc(N(c6ccc(C=C)cc6)c6ccc(C=C)cc6)cc5)cc4)c4ccc(/C=C/c5ccc(N(c6ccc(C=C)cc6)c6ccc(/C=C/c7ccc(N(c8ccc(C=C)cc8)c8ccc(/C=C/c9ccc(N(c%10ccc(C=C)cc%10)c%10ccc(C=C)cc%10)cc9)cc8)cc7)cc6)cc5)cc4)cc3)cc2)cc1. The third kappa shape index (κ3) is 22.5. The van der Waals surface area contributed by atoms with Crippen LogP contribution in [0.2, 0.25) is 0 Å². The van der Waals surface area contributed by atoms with Gasteiger partial charge in [-0.2, -0.15) is 0 Å². The molecular formula is C132H103BrN6. The van der Waals surface area contributed by atoms with Crippen LogP contribution in [-0.2, 0) is 0 Å². The Morgan fingerprint density at radius 3 is 0.259 bits per heavy atom. The van der Waals surface area contributed by atoms with E-state index in [0.717, 1.165) is 201 Å². The van der Waals surface area contributed by atoms with Gasteiger partial charge in [-0.15, -0.1) is 0 Å². The first kappa shape index (κ1) is 91.6. The summed E-state index contributed by atoms with van der Waals surface area (Å²) < 4.78 is 1.03. The van der Waals surface area contributed by atoms with Gasteiger partial charge in [0.15, 0.2) is 0 Å². The lowest BCUT2D eigenvalue weighted by Crippen LogP contribution is -2.10. The molecule has 0 saturated carbocycles. The summed E-state index contributed by atoms with van der Waals surface area (Å²) in [6, 6.07) is 155. The van der Waals surface area contributed by atoms with Crippen LogP contribution in [0.25, 0.3) is 103 Å². The minimum Gasteiger partial charge on any atom is -0.311 e. The van der Waals surface area contributed by atoms with Crippen molar-refractivity contribution < 1.29 is 0 Å². The molecule has 7 heteroatoms. The molecule has 18 aromatic rings. The molecule has 668 valence electrons. The maximum Gasteiger partial charge on any atom is 0.0462 e. The summed E-state index contributed by atoms with van der Waals surface area (Å²) >= 11 is 3.63. The molecule has 139 heavy (non-hydrogen) atoms. The molecule has 0 aliphatic carbocycles. The van der Waals surface area contributed by atoms with Crippen molar-refractivity contribution in [2.75, 3.05) is 29.4 Å². The summed E-state index contributed by atoms with van der Waals surface area (Å²) in [5.41, 5.74) is 37.2. The van der Waals surface area contributed by atoms with E-state index in [1.165, 1.54) is 0 Å². The molecule has 0 aliphatic heterocycles. The quantitative estimate of drug-likeness (QED) is 0.0366. The Morgan fingerprint density at radius 1 is 0.108 bits per heavy atom. The summed E-state index contributed by atoms with van der Waals surface area (Å²) in [5, 5.41) is 0. The van der Waals surface area contributed by atoms with Crippen molar-refractivity contribution in [3.8, 4) is 0 Å². The smallest absolute Gasteiger partial charge is 0.0462 e. The lowest BCUT2D eigenvalue weighted by Gasteiger charge is -2.26. The fraction of sp³-hybridized carbons (Fsp3) is 0. The highest BCUT2D eigenvalue weighted by molar-refractivity contribution is 9.10. The Labute approximate surface area is 826 Å². The predicted octanol–water partition coefficient (Wildman–Crippen LogP) is 38.6. The van der Waals surface area contributed by atoms with Gasteiger partial charge in [-0.25, -0.2) is 0 Å². The van der Waals surface area contributed by atoms with Crippen LogP contribution in [0, 0.1) is 0 Å². The molecule has 0 amide bonds. The van der Waals surface area contributed by atoms with Crippen LogP contribution < -0.4 is 29.4 Å². The lowest BCUT2D eigenvalue weighted by atomic mass is 10.1. The maximum atomic E-state index is 4.06. The van der Waals surface area contributed by atoms with Crippen molar-refractivity contribution in [2.24, 2.45) is 0 Å². The molecule has 0 radical (unpaired) electrons. The molecule has 0 spiro atoms. The molecule has 18 aromatic carbocycles. The van der Waals surface area contributed by atoms with Crippen molar-refractivity contribution in [3.63, 3.8) is 0 Å². The van der Waals surface area contributed by atoms with Gasteiger partial charge in [0.05, 0.1) is 0 Å². The number of anilines is 18. The van der Waals surface area contributed by atoms with Crippen LogP contribution >= 0.6 is 15.9 Å². The Morgan fingerprint density at radius 2 is 0.180 bits per heavy atom. The number of halogens is 1. The van der Waals surface area contributed by atoms with Gasteiger partial charge >= 0.3 is 0 Å². The minimum absolute atomic E-state index is 1.03. The van der Waals surface area contributed by atoms with Crippen molar-refractivity contribution in [1.29, 1.82) is 0 Å². The Kier molecular flexibility index (Phi) is 28.9. The normalized spacial score (nSPS) is 11.3. The van der Waals surface area contributed by atoms with Crippen LogP contribution in [-0.4, -0.2) is 0 Å². The second-order valence-electron chi connectivity index (χ2n) is 33.6. The van der Waals surface area contributed by atoms with Crippen LogP contribution in [0.1, 0.15) is 94.6 Å². The van der Waals surface area contributed by atoms with Crippen molar-refractivity contribution in [2.45, 2.75) is 0 Å². The number of rotatable bonds is 35. The van der Waals surface area contributed by atoms with E-state index in [1.807, 2.05) is 42.5 Å². The van der Waals surface area contributed by atoms with Gasteiger partial charge < -0.3 is 29.4 Å². The van der Waals surface area contributed by atoms with E-state index in [-0.39, 0.29) is 0 Å². The highest BCUT2D eigenvalue weighted by atomic mass is 79.9. The van der Waals surface area contributed by atoms with Gasteiger partial charge in [0.2, 0.25) is 0 Å². The van der Waals surface area contributed by atoms with Gasteiger partial charge in [-0.3, -0.25) is 0 Å². The average Bonchev–Trinajstić information content (AvgIpc) is 0.821.